The van der Waals surface area contributed by atoms with Crippen LogP contribution in [0.15, 0.2) is 91.0 Å². The summed E-state index contributed by atoms with van der Waals surface area (Å²) in [7, 11) is -2.14. The summed E-state index contributed by atoms with van der Waals surface area (Å²) < 4.78 is -0.335. The third-order valence-electron chi connectivity index (χ3n) is 6.53. The Kier molecular flexibility index (Phi) is 9.77. The molecule has 0 amide bonds. The predicted molar refractivity (Wildman–Crippen MR) is 152 cm³/mol. The van der Waals surface area contributed by atoms with Gasteiger partial charge in [-0.1, -0.05) is 100 Å². The zero-order valence-electron chi connectivity index (χ0n) is 19.5. The molecule has 2 unspecified atom stereocenters. The Morgan fingerprint density at radius 3 is 1.47 bits per heavy atom. The number of unbranched alkanes of at least 4 members (excludes halogenated alkanes) is 5. The van der Waals surface area contributed by atoms with Crippen LogP contribution in [0.1, 0.15) is 58.8 Å². The van der Waals surface area contributed by atoms with Crippen molar-refractivity contribution in [2.75, 3.05) is 0 Å². The molecule has 0 spiro atoms. The highest BCUT2D eigenvalue weighted by atomic mass is 127. The molecule has 0 saturated heterocycles. The van der Waals surface area contributed by atoms with Gasteiger partial charge in [0.1, 0.15) is 29.3 Å². The van der Waals surface area contributed by atoms with Gasteiger partial charge in [0.2, 0.25) is 0 Å². The zero-order valence-corrected chi connectivity index (χ0v) is 22.5. The summed E-state index contributed by atoms with van der Waals surface area (Å²) in [5.74, 6) is 0. The number of benzene rings is 3. The molecule has 1 N–H and O–H groups in total. The van der Waals surface area contributed by atoms with Crippen LogP contribution < -0.4 is 15.9 Å². The molecule has 0 bridgehead atoms. The van der Waals surface area contributed by atoms with Crippen molar-refractivity contribution < 1.29 is 5.11 Å². The second-order valence-corrected chi connectivity index (χ2v) is 15.7. The van der Waals surface area contributed by atoms with Crippen molar-refractivity contribution >= 4 is 45.8 Å². The molecule has 170 valence electrons. The molecule has 3 aromatic carbocycles. The van der Waals surface area contributed by atoms with Gasteiger partial charge in [-0.2, -0.15) is 0 Å². The van der Waals surface area contributed by atoms with Crippen molar-refractivity contribution in [3.8, 4) is 0 Å². The van der Waals surface area contributed by atoms with Crippen LogP contribution in [-0.4, -0.2) is 14.4 Å². The van der Waals surface area contributed by atoms with E-state index >= 15 is 0 Å². The lowest BCUT2D eigenvalue weighted by molar-refractivity contribution is 0.155. The number of aliphatic hydroxyl groups excluding tert-OH is 1. The fourth-order valence-electron chi connectivity index (χ4n) is 4.76. The molecule has 0 aliphatic carbocycles. The van der Waals surface area contributed by atoms with Gasteiger partial charge in [0.15, 0.2) is 3.16 Å². The van der Waals surface area contributed by atoms with Gasteiger partial charge < -0.3 is 5.11 Å². The van der Waals surface area contributed by atoms with Crippen LogP contribution in [0.5, 0.6) is 0 Å². The molecule has 3 aromatic rings. The van der Waals surface area contributed by atoms with Crippen LogP contribution in [0.25, 0.3) is 0 Å². The normalized spacial score (nSPS) is 14.6. The molecule has 3 rings (SSSR count). The van der Waals surface area contributed by atoms with Gasteiger partial charge in [-0.3, -0.25) is 0 Å². The van der Waals surface area contributed by atoms with E-state index in [4.69, 9.17) is 0 Å². The second kappa shape index (κ2) is 12.3. The Balaban J connectivity index is 2.05. The summed E-state index contributed by atoms with van der Waals surface area (Å²) >= 11 is 2.60. The van der Waals surface area contributed by atoms with E-state index in [9.17, 15) is 5.11 Å². The number of aliphatic hydroxyl groups is 1. The maximum Gasteiger partial charge on any atom is 0.166 e. The van der Waals surface area contributed by atoms with Crippen molar-refractivity contribution in [3.05, 3.63) is 91.0 Å². The number of hydrogen-bond acceptors (Lipinski definition) is 1. The van der Waals surface area contributed by atoms with E-state index in [0.717, 1.165) is 12.8 Å². The van der Waals surface area contributed by atoms with Crippen LogP contribution in [0, 0.1) is 0 Å². The van der Waals surface area contributed by atoms with Crippen LogP contribution in [0.4, 0.5) is 0 Å². The summed E-state index contributed by atoms with van der Waals surface area (Å²) in [4.78, 5) is 0. The number of halogens is 1. The third kappa shape index (κ3) is 5.46. The SMILES string of the molecule is CCCCCCCCC(O)C(C)(I)[P+](c1ccccc1)(c1ccccc1)c1ccccc1. The monoisotopic (exact) mass is 559 g/mol. The Bertz CT molecular complexity index is 815. The fourth-order valence-corrected chi connectivity index (χ4v) is 12.4. The first kappa shape index (κ1) is 25.4. The van der Waals surface area contributed by atoms with E-state index in [1.807, 2.05) is 0 Å². The first-order valence-electron chi connectivity index (χ1n) is 12.0. The Labute approximate surface area is 209 Å². The van der Waals surface area contributed by atoms with Crippen LogP contribution in [-0.2, 0) is 0 Å². The van der Waals surface area contributed by atoms with E-state index in [1.54, 1.807) is 0 Å². The quantitative estimate of drug-likeness (QED) is 0.107. The standard InChI is InChI=1S/C29H37IOP/c1-3-4-5-6-7-17-24-28(31)29(2,30)32(25-18-11-8-12-19-25,26-20-13-9-14-21-26)27-22-15-10-16-23-27/h8-16,18-23,28,31H,3-7,17,24H2,1-2H3/q+1. The van der Waals surface area contributed by atoms with Crippen molar-refractivity contribution in [1.82, 2.24) is 0 Å². The Morgan fingerprint density at radius 1 is 0.688 bits per heavy atom. The highest BCUT2D eigenvalue weighted by molar-refractivity contribution is 14.1. The maximum atomic E-state index is 11.7. The molecule has 32 heavy (non-hydrogen) atoms. The maximum absolute atomic E-state index is 11.7. The van der Waals surface area contributed by atoms with Crippen molar-refractivity contribution in [2.24, 2.45) is 0 Å². The summed E-state index contributed by atoms with van der Waals surface area (Å²) in [6.07, 6.45) is 7.92. The van der Waals surface area contributed by atoms with E-state index in [1.165, 1.54) is 48.0 Å². The molecule has 0 heterocycles. The molecular weight excluding hydrogens is 522 g/mol. The number of rotatable bonds is 12. The molecule has 0 aliphatic heterocycles. The van der Waals surface area contributed by atoms with Gasteiger partial charge in [-0.15, -0.1) is 0 Å². The molecule has 0 aromatic heterocycles. The molecule has 0 fully saturated rings. The lowest BCUT2D eigenvalue weighted by Gasteiger charge is -2.41. The van der Waals surface area contributed by atoms with E-state index in [0.29, 0.717) is 0 Å². The molecule has 1 nitrogen and oxygen atoms in total. The average molecular weight is 559 g/mol. The van der Waals surface area contributed by atoms with Crippen molar-refractivity contribution in [1.29, 1.82) is 0 Å². The van der Waals surface area contributed by atoms with E-state index < -0.39 is 7.26 Å². The van der Waals surface area contributed by atoms with Crippen molar-refractivity contribution in [2.45, 2.75) is 68.1 Å². The molecular formula is C29H37IOP+. The van der Waals surface area contributed by atoms with Gasteiger partial charge in [0, 0.05) is 0 Å². The molecule has 3 heteroatoms. The lowest BCUT2D eigenvalue weighted by Crippen LogP contribution is -2.48. The summed E-state index contributed by atoms with van der Waals surface area (Å²) in [5, 5.41) is 15.7. The molecule has 2 atom stereocenters. The molecule has 0 saturated carbocycles. The topological polar surface area (TPSA) is 20.2 Å². The van der Waals surface area contributed by atoms with E-state index in [-0.39, 0.29) is 9.27 Å². The van der Waals surface area contributed by atoms with Crippen molar-refractivity contribution in [3.63, 3.8) is 0 Å². The third-order valence-corrected chi connectivity index (χ3v) is 14.2. The average Bonchev–Trinajstić information content (AvgIpc) is 2.83. The molecule has 0 aliphatic rings. The molecule has 0 radical (unpaired) electrons. The van der Waals surface area contributed by atoms with E-state index in [2.05, 4.69) is 127 Å². The van der Waals surface area contributed by atoms with Crippen LogP contribution in [0.2, 0.25) is 0 Å². The minimum Gasteiger partial charge on any atom is -0.388 e. The fraction of sp³-hybridized carbons (Fsp3) is 0.379. The Morgan fingerprint density at radius 2 is 1.06 bits per heavy atom. The van der Waals surface area contributed by atoms with Gasteiger partial charge in [-0.05, 0) is 72.3 Å². The summed E-state index contributed by atoms with van der Waals surface area (Å²) in [6.45, 7) is 4.54. The van der Waals surface area contributed by atoms with Gasteiger partial charge in [-0.25, -0.2) is 0 Å². The summed E-state index contributed by atoms with van der Waals surface area (Å²) in [5.41, 5.74) is 0. The number of hydrogen-bond donors (Lipinski definition) is 1. The first-order chi connectivity index (χ1) is 15.5. The van der Waals surface area contributed by atoms with Crippen LogP contribution >= 0.6 is 29.9 Å². The Hall–Kier alpha value is -1.22. The van der Waals surface area contributed by atoms with Gasteiger partial charge >= 0.3 is 0 Å². The minimum atomic E-state index is -2.14. The van der Waals surface area contributed by atoms with Gasteiger partial charge in [0.25, 0.3) is 0 Å². The zero-order chi connectivity index (χ0) is 22.9. The first-order valence-corrected chi connectivity index (χ1v) is 14.8. The number of alkyl halides is 1. The smallest absolute Gasteiger partial charge is 0.166 e. The highest BCUT2D eigenvalue weighted by Gasteiger charge is 2.62. The minimum absolute atomic E-state index is 0.335. The largest absolute Gasteiger partial charge is 0.388 e. The predicted octanol–water partition coefficient (Wildman–Crippen LogP) is 7.24. The van der Waals surface area contributed by atoms with Gasteiger partial charge in [0.05, 0.1) is 0 Å². The highest BCUT2D eigenvalue weighted by Crippen LogP contribution is 2.70. The van der Waals surface area contributed by atoms with Crippen LogP contribution in [0.3, 0.4) is 0 Å². The summed E-state index contributed by atoms with van der Waals surface area (Å²) in [6, 6.07) is 32.7. The second-order valence-electron chi connectivity index (χ2n) is 8.77. The lowest BCUT2D eigenvalue weighted by atomic mass is 10.1.